The number of aromatic amines is 1. The molecule has 0 saturated heterocycles. The molecular weight excluding hydrogens is 218 g/mol. The normalized spacial score (nSPS) is 9.07. The highest BCUT2D eigenvalue weighted by atomic mass is 32.1. The molecule has 2 aromatic heterocycles. The molecule has 0 spiro atoms. The summed E-state index contributed by atoms with van der Waals surface area (Å²) in [5.41, 5.74) is 10.1. The number of hydrogen-bond acceptors (Lipinski definition) is 6. The Labute approximate surface area is 88.8 Å². The Hall–Kier alpha value is -2.09. The highest BCUT2D eigenvalue weighted by Gasteiger charge is 1.99. The Bertz CT molecular complexity index is 408. The van der Waals surface area contributed by atoms with Gasteiger partial charge >= 0.3 is 5.97 Å². The molecule has 6 N–H and O–H groups in total. The van der Waals surface area contributed by atoms with Gasteiger partial charge in [0, 0.05) is 0 Å². The summed E-state index contributed by atoms with van der Waals surface area (Å²) in [5.74, 6) is -0.421. The highest BCUT2D eigenvalue weighted by molar-refractivity contribution is 7.11. The number of nitrogens with one attached hydrogen (secondary N) is 1. The van der Waals surface area contributed by atoms with E-state index in [-0.39, 0.29) is 11.9 Å². The number of carboxylic acids is 1. The maximum absolute atomic E-state index is 10.1. The number of nitrogens with two attached hydrogens (primary N) is 2. The number of carbonyl (C=O) groups is 1. The molecular formula is C7H9N5O2S. The van der Waals surface area contributed by atoms with Gasteiger partial charge in [-0.05, 0) is 11.4 Å². The largest absolute Gasteiger partial charge is 0.477 e. The number of thiophene rings is 1. The number of nitrogens with zero attached hydrogens (tertiary/aromatic N) is 2. The van der Waals surface area contributed by atoms with Crippen LogP contribution in [0, 0.1) is 0 Å². The van der Waals surface area contributed by atoms with Gasteiger partial charge in [-0.1, -0.05) is 6.07 Å². The summed E-state index contributed by atoms with van der Waals surface area (Å²) in [7, 11) is 0. The van der Waals surface area contributed by atoms with Crippen molar-refractivity contribution in [3.63, 3.8) is 0 Å². The minimum atomic E-state index is -0.847. The average molecular weight is 227 g/mol. The zero-order chi connectivity index (χ0) is 11.3. The van der Waals surface area contributed by atoms with Crippen LogP contribution in [0.2, 0.25) is 0 Å². The Kier molecular flexibility index (Phi) is 3.63. The molecule has 0 aliphatic heterocycles. The predicted octanol–water partition coefficient (Wildman–Crippen LogP) is 0.415. The van der Waals surface area contributed by atoms with Crippen molar-refractivity contribution in [1.82, 2.24) is 15.2 Å². The Morgan fingerprint density at radius 2 is 2.27 bits per heavy atom. The van der Waals surface area contributed by atoms with E-state index in [0.717, 1.165) is 0 Å². The van der Waals surface area contributed by atoms with Crippen LogP contribution >= 0.6 is 11.3 Å². The molecule has 0 aromatic carbocycles. The lowest BCUT2D eigenvalue weighted by atomic mass is 10.5. The maximum Gasteiger partial charge on any atom is 0.345 e. The van der Waals surface area contributed by atoms with Gasteiger partial charge in [-0.25, -0.2) is 9.89 Å². The van der Waals surface area contributed by atoms with Crippen molar-refractivity contribution in [2.75, 3.05) is 11.5 Å². The van der Waals surface area contributed by atoms with Gasteiger partial charge in [0.1, 0.15) is 4.88 Å². The summed E-state index contributed by atoms with van der Waals surface area (Å²) < 4.78 is 0. The van der Waals surface area contributed by atoms with Crippen molar-refractivity contribution in [1.29, 1.82) is 0 Å². The van der Waals surface area contributed by atoms with Crippen LogP contribution in [0.15, 0.2) is 17.5 Å². The smallest absolute Gasteiger partial charge is 0.345 e. The Morgan fingerprint density at radius 3 is 2.47 bits per heavy atom. The molecule has 8 heteroatoms. The molecule has 7 nitrogen and oxygen atoms in total. The fourth-order valence-corrected chi connectivity index (χ4v) is 1.25. The van der Waals surface area contributed by atoms with Gasteiger partial charge in [-0.2, -0.15) is 4.98 Å². The minimum absolute atomic E-state index is 0.178. The summed E-state index contributed by atoms with van der Waals surface area (Å²) in [6.07, 6.45) is 0. The first-order valence-corrected chi connectivity index (χ1v) is 4.67. The number of anilines is 2. The van der Waals surface area contributed by atoms with E-state index in [1.165, 1.54) is 11.3 Å². The van der Waals surface area contributed by atoms with Crippen molar-refractivity contribution >= 4 is 29.2 Å². The molecule has 15 heavy (non-hydrogen) atoms. The van der Waals surface area contributed by atoms with E-state index in [1.54, 1.807) is 17.5 Å². The SMILES string of the molecule is Nc1n[nH]c(N)n1.O=C(O)c1cccs1. The third kappa shape index (κ3) is 3.65. The van der Waals surface area contributed by atoms with Crippen LogP contribution in [-0.2, 0) is 0 Å². The number of nitrogen functional groups attached to an aromatic ring is 2. The van der Waals surface area contributed by atoms with Gasteiger partial charge in [0.2, 0.25) is 11.9 Å². The summed E-state index contributed by atoms with van der Waals surface area (Å²) in [6, 6.07) is 3.29. The van der Waals surface area contributed by atoms with Crippen LogP contribution in [-0.4, -0.2) is 26.3 Å². The molecule has 0 fully saturated rings. The zero-order valence-electron chi connectivity index (χ0n) is 7.54. The second-order valence-electron chi connectivity index (χ2n) is 2.36. The van der Waals surface area contributed by atoms with E-state index in [1.807, 2.05) is 0 Å². The van der Waals surface area contributed by atoms with Crippen molar-refractivity contribution in [2.24, 2.45) is 0 Å². The summed E-state index contributed by atoms with van der Waals surface area (Å²) in [5, 5.41) is 15.8. The van der Waals surface area contributed by atoms with Crippen molar-refractivity contribution in [2.45, 2.75) is 0 Å². The standard InChI is InChI=1S/C5H4O2S.C2H5N5/c6-5(7)4-2-1-3-8-4;3-1-5-2(4)7-6-1/h1-3H,(H,6,7);(H5,3,4,5,6,7). The number of aromatic carboxylic acids is 1. The lowest BCUT2D eigenvalue weighted by Crippen LogP contribution is -1.89. The van der Waals surface area contributed by atoms with Gasteiger partial charge in [0.15, 0.2) is 0 Å². The van der Waals surface area contributed by atoms with Crippen LogP contribution in [0.5, 0.6) is 0 Å². The average Bonchev–Trinajstić information content (AvgIpc) is 2.77. The fourth-order valence-electron chi connectivity index (χ4n) is 0.688. The van der Waals surface area contributed by atoms with Crippen LogP contribution in [0.1, 0.15) is 9.67 Å². The third-order valence-corrected chi connectivity index (χ3v) is 2.11. The fraction of sp³-hybridized carbons (Fsp3) is 0. The second-order valence-corrected chi connectivity index (χ2v) is 3.31. The maximum atomic E-state index is 10.1. The lowest BCUT2D eigenvalue weighted by molar-refractivity contribution is 0.0702. The molecule has 80 valence electrons. The van der Waals surface area contributed by atoms with E-state index < -0.39 is 5.97 Å². The van der Waals surface area contributed by atoms with E-state index >= 15 is 0 Å². The molecule has 0 aliphatic rings. The molecule has 0 atom stereocenters. The van der Waals surface area contributed by atoms with E-state index in [2.05, 4.69) is 15.2 Å². The van der Waals surface area contributed by atoms with Gasteiger partial charge in [0.05, 0.1) is 0 Å². The first kappa shape index (κ1) is 11.0. The van der Waals surface area contributed by atoms with E-state index in [9.17, 15) is 4.79 Å². The number of hydrogen-bond donors (Lipinski definition) is 4. The molecule has 0 unspecified atom stereocenters. The quantitative estimate of drug-likeness (QED) is 0.558. The first-order valence-electron chi connectivity index (χ1n) is 3.79. The van der Waals surface area contributed by atoms with Gasteiger partial charge in [-0.3, -0.25) is 0 Å². The molecule has 0 radical (unpaired) electrons. The summed E-state index contributed by atoms with van der Waals surface area (Å²) >= 11 is 1.23. The van der Waals surface area contributed by atoms with E-state index in [4.69, 9.17) is 16.6 Å². The van der Waals surface area contributed by atoms with Crippen LogP contribution in [0.4, 0.5) is 11.9 Å². The van der Waals surface area contributed by atoms with Crippen LogP contribution < -0.4 is 11.5 Å². The van der Waals surface area contributed by atoms with Gasteiger partial charge < -0.3 is 16.6 Å². The predicted molar refractivity (Wildman–Crippen MR) is 56.5 cm³/mol. The monoisotopic (exact) mass is 227 g/mol. The molecule has 2 aromatic rings. The summed E-state index contributed by atoms with van der Waals surface area (Å²) in [4.78, 5) is 14.0. The molecule has 0 saturated carbocycles. The van der Waals surface area contributed by atoms with Gasteiger partial charge in [0.25, 0.3) is 0 Å². The number of aromatic nitrogens is 3. The first-order chi connectivity index (χ1) is 7.09. The molecule has 2 rings (SSSR count). The Morgan fingerprint density at radius 1 is 1.53 bits per heavy atom. The number of rotatable bonds is 1. The second kappa shape index (κ2) is 4.96. The Balaban J connectivity index is 0.000000151. The minimum Gasteiger partial charge on any atom is -0.477 e. The number of H-pyrrole nitrogens is 1. The highest BCUT2D eigenvalue weighted by Crippen LogP contribution is 2.06. The van der Waals surface area contributed by atoms with Gasteiger partial charge in [-0.15, -0.1) is 16.4 Å². The molecule has 2 heterocycles. The van der Waals surface area contributed by atoms with Crippen LogP contribution in [0.3, 0.4) is 0 Å². The zero-order valence-corrected chi connectivity index (χ0v) is 8.36. The molecule has 0 amide bonds. The van der Waals surface area contributed by atoms with Crippen molar-refractivity contribution in [3.05, 3.63) is 22.4 Å². The third-order valence-electron chi connectivity index (χ3n) is 1.25. The van der Waals surface area contributed by atoms with Crippen molar-refractivity contribution < 1.29 is 9.90 Å². The van der Waals surface area contributed by atoms with Crippen molar-refractivity contribution in [3.8, 4) is 0 Å². The lowest BCUT2D eigenvalue weighted by Gasteiger charge is -1.78. The van der Waals surface area contributed by atoms with E-state index in [0.29, 0.717) is 4.88 Å². The van der Waals surface area contributed by atoms with Crippen LogP contribution in [0.25, 0.3) is 0 Å². The summed E-state index contributed by atoms with van der Waals surface area (Å²) in [6.45, 7) is 0. The topological polar surface area (TPSA) is 131 Å². The molecule has 0 bridgehead atoms. The molecule has 0 aliphatic carbocycles. The number of carboxylic acid groups (broad SMARTS) is 1.